The third-order valence-corrected chi connectivity index (χ3v) is 6.24. The van der Waals surface area contributed by atoms with E-state index < -0.39 is 0 Å². The highest BCUT2D eigenvalue weighted by atomic mass is 19.1. The number of fused-ring (bicyclic) bond motifs is 1. The molecular weight excluding hydrogens is 367 g/mol. The molecule has 0 aromatic heterocycles. The van der Waals surface area contributed by atoms with E-state index in [9.17, 15) is 9.18 Å². The van der Waals surface area contributed by atoms with Crippen LogP contribution in [0.25, 0.3) is 0 Å². The van der Waals surface area contributed by atoms with Crippen LogP contribution in [0.3, 0.4) is 0 Å². The van der Waals surface area contributed by atoms with Gasteiger partial charge in [-0.05, 0) is 88.1 Å². The molecule has 0 bridgehead atoms. The molecule has 2 fully saturated rings. The lowest BCUT2D eigenvalue weighted by Gasteiger charge is -2.42. The average molecular weight is 397 g/mol. The number of carbonyl (C=O) groups is 1. The second-order valence-electron chi connectivity index (χ2n) is 8.69. The summed E-state index contributed by atoms with van der Waals surface area (Å²) in [5, 5.41) is 0. The van der Waals surface area contributed by atoms with Gasteiger partial charge in [-0.3, -0.25) is 4.79 Å². The Labute approximate surface area is 172 Å². The fourth-order valence-corrected chi connectivity index (χ4v) is 5.12. The Morgan fingerprint density at radius 1 is 1.14 bits per heavy atom. The van der Waals surface area contributed by atoms with E-state index in [4.69, 9.17) is 4.74 Å². The largest absolute Gasteiger partial charge is 0.494 e. The molecule has 2 aromatic carbocycles. The van der Waals surface area contributed by atoms with E-state index in [0.717, 1.165) is 37.4 Å². The molecule has 1 amide bonds. The molecule has 2 heterocycles. The van der Waals surface area contributed by atoms with Crippen LogP contribution >= 0.6 is 0 Å². The minimum atomic E-state index is -0.210. The van der Waals surface area contributed by atoms with Crippen molar-refractivity contribution in [1.29, 1.82) is 0 Å². The predicted octanol–water partition coefficient (Wildman–Crippen LogP) is 4.74. The Kier molecular flexibility index (Phi) is 5.24. The number of amides is 1. The molecule has 29 heavy (non-hydrogen) atoms. The minimum absolute atomic E-state index is 0.0225. The first-order chi connectivity index (χ1) is 13.9. The van der Waals surface area contributed by atoms with E-state index in [1.165, 1.54) is 12.1 Å². The van der Waals surface area contributed by atoms with Crippen LogP contribution in [0.4, 0.5) is 10.1 Å². The Morgan fingerprint density at radius 2 is 1.83 bits per heavy atom. The van der Waals surface area contributed by atoms with Crippen molar-refractivity contribution in [3.63, 3.8) is 0 Å². The van der Waals surface area contributed by atoms with Crippen molar-refractivity contribution in [3.8, 4) is 5.75 Å². The third-order valence-electron chi connectivity index (χ3n) is 6.24. The lowest BCUT2D eigenvalue weighted by Crippen LogP contribution is -2.50. The van der Waals surface area contributed by atoms with E-state index in [-0.39, 0.29) is 17.3 Å². The van der Waals surface area contributed by atoms with Gasteiger partial charge in [0.05, 0.1) is 6.61 Å². The lowest BCUT2D eigenvalue weighted by atomic mass is 9.89. The molecule has 154 valence electrons. The molecule has 2 aliphatic heterocycles. The molecule has 4 rings (SSSR count). The van der Waals surface area contributed by atoms with Crippen molar-refractivity contribution in [2.45, 2.75) is 45.2 Å². The van der Waals surface area contributed by atoms with Crippen LogP contribution in [0.2, 0.25) is 0 Å². The highest BCUT2D eigenvalue weighted by molar-refractivity contribution is 5.94. The number of anilines is 1. The molecule has 0 radical (unpaired) electrons. The maximum Gasteiger partial charge on any atom is 0.253 e. The molecule has 2 aliphatic rings. The van der Waals surface area contributed by atoms with Gasteiger partial charge < -0.3 is 14.5 Å². The quantitative estimate of drug-likeness (QED) is 0.748. The molecule has 0 N–H and O–H groups in total. The molecule has 5 heteroatoms. The first-order valence-electron chi connectivity index (χ1n) is 10.5. The first-order valence-corrected chi connectivity index (χ1v) is 10.5. The van der Waals surface area contributed by atoms with Crippen molar-refractivity contribution in [1.82, 2.24) is 4.90 Å². The standard InChI is InChI=1S/C24H29FN2O2/c1-4-29-21-11-5-17(6-12-21)23(28)26-14-13-22-18(16-26)15-24(2,3)27(22)20-9-7-19(25)8-10-20/h5-12,18,22H,4,13-16H2,1-3H3/t18-,22+/m1/s1. The molecule has 0 saturated carbocycles. The van der Waals surface area contributed by atoms with Crippen molar-refractivity contribution in [2.75, 3.05) is 24.6 Å². The van der Waals surface area contributed by atoms with Gasteiger partial charge in [0.25, 0.3) is 5.91 Å². The summed E-state index contributed by atoms with van der Waals surface area (Å²) in [6.45, 7) is 8.55. The van der Waals surface area contributed by atoms with Crippen LogP contribution in [0.5, 0.6) is 5.75 Å². The maximum atomic E-state index is 13.4. The van der Waals surface area contributed by atoms with E-state index >= 15 is 0 Å². The number of hydrogen-bond acceptors (Lipinski definition) is 3. The van der Waals surface area contributed by atoms with Crippen molar-refractivity contribution in [3.05, 3.63) is 59.9 Å². The van der Waals surface area contributed by atoms with E-state index in [0.29, 0.717) is 24.1 Å². The SMILES string of the molecule is CCOc1ccc(C(=O)N2CC[C@H]3[C@@H](C2)CC(C)(C)N3c2ccc(F)cc2)cc1. The van der Waals surface area contributed by atoms with Gasteiger partial charge in [0, 0.05) is 35.9 Å². The zero-order chi connectivity index (χ0) is 20.6. The Bertz CT molecular complexity index is 863. The zero-order valence-electron chi connectivity index (χ0n) is 17.4. The molecule has 2 atom stereocenters. The normalized spacial score (nSPS) is 23.0. The molecule has 0 unspecified atom stereocenters. The van der Waals surface area contributed by atoms with Gasteiger partial charge in [-0.1, -0.05) is 0 Å². The zero-order valence-corrected chi connectivity index (χ0v) is 17.4. The first kappa shape index (κ1) is 19.7. The van der Waals surface area contributed by atoms with Crippen LogP contribution < -0.4 is 9.64 Å². The van der Waals surface area contributed by atoms with Gasteiger partial charge >= 0.3 is 0 Å². The average Bonchev–Trinajstić information content (AvgIpc) is 2.98. The van der Waals surface area contributed by atoms with Crippen LogP contribution in [-0.2, 0) is 0 Å². The summed E-state index contributed by atoms with van der Waals surface area (Å²) in [4.78, 5) is 17.5. The van der Waals surface area contributed by atoms with Crippen molar-refractivity contribution < 1.29 is 13.9 Å². The Balaban J connectivity index is 1.49. The second kappa shape index (κ2) is 7.69. The fraction of sp³-hybridized carbons (Fsp3) is 0.458. The van der Waals surface area contributed by atoms with E-state index in [1.54, 1.807) is 0 Å². The summed E-state index contributed by atoms with van der Waals surface area (Å²) in [5.41, 5.74) is 1.75. The van der Waals surface area contributed by atoms with Crippen molar-refractivity contribution >= 4 is 11.6 Å². The monoisotopic (exact) mass is 396 g/mol. The summed E-state index contributed by atoms with van der Waals surface area (Å²) in [7, 11) is 0. The second-order valence-corrected chi connectivity index (χ2v) is 8.69. The van der Waals surface area contributed by atoms with Crippen LogP contribution in [0.1, 0.15) is 44.0 Å². The van der Waals surface area contributed by atoms with Gasteiger partial charge in [0.15, 0.2) is 0 Å². The predicted molar refractivity (Wildman–Crippen MR) is 113 cm³/mol. The van der Waals surface area contributed by atoms with Gasteiger partial charge in [-0.2, -0.15) is 0 Å². The highest BCUT2D eigenvalue weighted by Crippen LogP contribution is 2.44. The smallest absolute Gasteiger partial charge is 0.253 e. The molecule has 0 aliphatic carbocycles. The number of carbonyl (C=O) groups excluding carboxylic acids is 1. The number of halogens is 1. The third kappa shape index (κ3) is 3.83. The minimum Gasteiger partial charge on any atom is -0.494 e. The van der Waals surface area contributed by atoms with Crippen LogP contribution in [0.15, 0.2) is 48.5 Å². The van der Waals surface area contributed by atoms with Gasteiger partial charge in [-0.25, -0.2) is 4.39 Å². The summed E-state index contributed by atoms with van der Waals surface area (Å²) in [6.07, 6.45) is 1.94. The maximum absolute atomic E-state index is 13.4. The number of likely N-dealkylation sites (tertiary alicyclic amines) is 1. The Morgan fingerprint density at radius 3 is 2.48 bits per heavy atom. The summed E-state index contributed by atoms with van der Waals surface area (Å²) in [5.74, 6) is 1.08. The molecule has 2 saturated heterocycles. The molecule has 0 spiro atoms. The van der Waals surface area contributed by atoms with Gasteiger partial charge in [0.1, 0.15) is 11.6 Å². The van der Waals surface area contributed by atoms with Crippen LogP contribution in [-0.4, -0.2) is 42.1 Å². The fourth-order valence-electron chi connectivity index (χ4n) is 5.12. The lowest BCUT2D eigenvalue weighted by molar-refractivity contribution is 0.0667. The topological polar surface area (TPSA) is 32.8 Å². The molecular formula is C24H29FN2O2. The number of piperidine rings is 1. The van der Waals surface area contributed by atoms with Crippen molar-refractivity contribution in [2.24, 2.45) is 5.92 Å². The van der Waals surface area contributed by atoms with Gasteiger partial charge in [-0.15, -0.1) is 0 Å². The molecule has 2 aromatic rings. The summed E-state index contributed by atoms with van der Waals surface area (Å²) >= 11 is 0. The highest BCUT2D eigenvalue weighted by Gasteiger charge is 2.48. The summed E-state index contributed by atoms with van der Waals surface area (Å²) in [6, 6.07) is 14.6. The number of benzene rings is 2. The van der Waals surface area contributed by atoms with Gasteiger partial charge in [0.2, 0.25) is 0 Å². The number of hydrogen-bond donors (Lipinski definition) is 0. The number of nitrogens with zero attached hydrogens (tertiary/aromatic N) is 2. The number of rotatable bonds is 4. The van der Waals surface area contributed by atoms with E-state index in [2.05, 4.69) is 18.7 Å². The number of ether oxygens (including phenoxy) is 1. The Hall–Kier alpha value is -2.56. The molecule has 4 nitrogen and oxygen atoms in total. The summed E-state index contributed by atoms with van der Waals surface area (Å²) < 4.78 is 18.9. The van der Waals surface area contributed by atoms with Crippen LogP contribution in [0, 0.1) is 11.7 Å². The van der Waals surface area contributed by atoms with E-state index in [1.807, 2.05) is 48.2 Å².